The molecule has 82 valence electrons. The molecule has 6 heteroatoms. The number of nitrogens with zero attached hydrogens (tertiary/aromatic N) is 3. The van der Waals surface area contributed by atoms with Gasteiger partial charge in [0, 0.05) is 12.3 Å². The van der Waals surface area contributed by atoms with Crippen LogP contribution in [0.2, 0.25) is 0 Å². The number of ether oxygens (including phenoxy) is 1. The summed E-state index contributed by atoms with van der Waals surface area (Å²) in [6, 6.07) is 6.86. The Kier molecular flexibility index (Phi) is 3.86. The van der Waals surface area contributed by atoms with Crippen molar-refractivity contribution in [1.29, 1.82) is 5.26 Å². The molecule has 1 aromatic heterocycles. The number of nitriles is 1. The molecule has 4 N–H and O–H groups in total. The third-order valence-electron chi connectivity index (χ3n) is 1.72. The second-order valence-corrected chi connectivity index (χ2v) is 2.73. The summed E-state index contributed by atoms with van der Waals surface area (Å²) in [6.45, 7) is 0. The molecule has 6 nitrogen and oxygen atoms in total. The molecule has 0 saturated carbocycles. The van der Waals surface area contributed by atoms with Crippen LogP contribution in [0.4, 0.5) is 5.82 Å². The Morgan fingerprint density at radius 2 is 2.38 bits per heavy atom. The number of aliphatic imine (C=N–C) groups is 1. The Morgan fingerprint density at radius 3 is 2.94 bits per heavy atom. The van der Waals surface area contributed by atoms with Crippen LogP contribution in [-0.4, -0.2) is 17.9 Å². The van der Waals surface area contributed by atoms with Gasteiger partial charge in [0.25, 0.3) is 0 Å². The van der Waals surface area contributed by atoms with Gasteiger partial charge in [-0.15, -0.1) is 0 Å². The second kappa shape index (κ2) is 5.36. The first kappa shape index (κ1) is 11.5. The van der Waals surface area contributed by atoms with Crippen molar-refractivity contribution in [3.05, 3.63) is 30.0 Å². The lowest BCUT2D eigenvalue weighted by Gasteiger charge is -2.00. The Hall–Kier alpha value is -2.55. The number of nitrogens with two attached hydrogens (primary N) is 2. The number of methoxy groups -OCH3 is 1. The predicted molar refractivity (Wildman–Crippen MR) is 60.0 cm³/mol. The SMILES string of the molecule is COc1cccc(N=C(N)C(C#N)=CN)n1. The average molecular weight is 217 g/mol. The highest BCUT2D eigenvalue weighted by Crippen LogP contribution is 2.14. The first-order valence-electron chi connectivity index (χ1n) is 4.39. The summed E-state index contributed by atoms with van der Waals surface area (Å²) < 4.78 is 4.92. The molecular formula is C10H11N5O. The zero-order chi connectivity index (χ0) is 12.0. The first-order chi connectivity index (χ1) is 7.71. The summed E-state index contributed by atoms with van der Waals surface area (Å²) in [5.74, 6) is 0.793. The fourth-order valence-electron chi connectivity index (χ4n) is 0.943. The van der Waals surface area contributed by atoms with Crippen molar-refractivity contribution < 1.29 is 4.74 Å². The van der Waals surface area contributed by atoms with E-state index in [0.29, 0.717) is 11.7 Å². The number of hydrogen-bond donors (Lipinski definition) is 2. The lowest BCUT2D eigenvalue weighted by molar-refractivity contribution is 0.398. The topological polar surface area (TPSA) is 110 Å². The Labute approximate surface area is 92.9 Å². The van der Waals surface area contributed by atoms with Gasteiger partial charge in [0.1, 0.15) is 17.5 Å². The maximum absolute atomic E-state index is 8.67. The van der Waals surface area contributed by atoms with Crippen molar-refractivity contribution >= 4 is 11.7 Å². The lowest BCUT2D eigenvalue weighted by Crippen LogP contribution is -2.14. The number of rotatable bonds is 3. The van der Waals surface area contributed by atoms with Gasteiger partial charge in [-0.25, -0.2) is 4.99 Å². The molecule has 1 heterocycles. The van der Waals surface area contributed by atoms with E-state index >= 15 is 0 Å². The maximum atomic E-state index is 8.67. The molecule has 0 fully saturated rings. The predicted octanol–water partition coefficient (Wildman–Crippen LogP) is 0.445. The highest BCUT2D eigenvalue weighted by molar-refractivity contribution is 6.01. The van der Waals surface area contributed by atoms with Crippen molar-refractivity contribution in [2.24, 2.45) is 16.5 Å². The smallest absolute Gasteiger partial charge is 0.214 e. The molecule has 0 aliphatic carbocycles. The molecule has 1 aromatic rings. The summed E-state index contributed by atoms with van der Waals surface area (Å²) in [7, 11) is 1.50. The van der Waals surface area contributed by atoms with E-state index in [1.165, 1.54) is 7.11 Å². The molecule has 0 aromatic carbocycles. The summed E-state index contributed by atoms with van der Waals surface area (Å²) >= 11 is 0. The number of pyridine rings is 1. The average Bonchev–Trinajstić information content (AvgIpc) is 2.31. The molecule has 0 spiro atoms. The Balaban J connectivity index is 3.03. The van der Waals surface area contributed by atoms with Crippen LogP contribution in [0.5, 0.6) is 5.88 Å². The highest BCUT2D eigenvalue weighted by Gasteiger charge is 2.02. The van der Waals surface area contributed by atoms with Gasteiger partial charge >= 0.3 is 0 Å². The normalized spacial score (nSPS) is 12.0. The minimum atomic E-state index is 0.0192. The molecule has 0 aliphatic rings. The van der Waals surface area contributed by atoms with Crippen LogP contribution in [0.3, 0.4) is 0 Å². The van der Waals surface area contributed by atoms with Gasteiger partial charge in [-0.2, -0.15) is 10.2 Å². The molecule has 0 aliphatic heterocycles. The first-order valence-corrected chi connectivity index (χ1v) is 4.39. The molecule has 0 bridgehead atoms. The molecule has 1 rings (SSSR count). The van der Waals surface area contributed by atoms with Crippen molar-refractivity contribution in [2.45, 2.75) is 0 Å². The molecule has 0 amide bonds. The Morgan fingerprint density at radius 1 is 1.62 bits per heavy atom. The van der Waals surface area contributed by atoms with Crippen LogP contribution in [0.25, 0.3) is 0 Å². The van der Waals surface area contributed by atoms with Crippen LogP contribution in [0.1, 0.15) is 0 Å². The number of amidine groups is 1. The van der Waals surface area contributed by atoms with Crippen molar-refractivity contribution in [1.82, 2.24) is 4.98 Å². The van der Waals surface area contributed by atoms with Gasteiger partial charge in [0.15, 0.2) is 5.82 Å². The maximum Gasteiger partial charge on any atom is 0.214 e. The van der Waals surface area contributed by atoms with E-state index in [2.05, 4.69) is 9.98 Å². The van der Waals surface area contributed by atoms with E-state index in [-0.39, 0.29) is 11.4 Å². The van der Waals surface area contributed by atoms with Crippen LogP contribution >= 0.6 is 0 Å². The summed E-state index contributed by atoms with van der Waals surface area (Å²) in [4.78, 5) is 7.96. The third-order valence-corrected chi connectivity index (χ3v) is 1.72. The largest absolute Gasteiger partial charge is 0.481 e. The fraction of sp³-hybridized carbons (Fsp3) is 0.100. The van der Waals surface area contributed by atoms with Crippen molar-refractivity contribution in [3.8, 4) is 11.9 Å². The van der Waals surface area contributed by atoms with Crippen molar-refractivity contribution in [3.63, 3.8) is 0 Å². The number of hydrogen-bond acceptors (Lipinski definition) is 5. The zero-order valence-corrected chi connectivity index (χ0v) is 8.71. The van der Waals surface area contributed by atoms with Crippen LogP contribution in [0.15, 0.2) is 35.0 Å². The summed E-state index contributed by atoms with van der Waals surface area (Å²) in [5.41, 5.74) is 10.9. The molecule has 0 atom stereocenters. The monoisotopic (exact) mass is 217 g/mol. The van der Waals surface area contributed by atoms with Crippen molar-refractivity contribution in [2.75, 3.05) is 7.11 Å². The standard InChI is InChI=1S/C10H11N5O/c1-16-9-4-2-3-8(14-9)15-10(13)7(5-11)6-12/h2-5H,11H2,1H3,(H2,13,14,15). The second-order valence-electron chi connectivity index (χ2n) is 2.73. The van der Waals surface area contributed by atoms with E-state index in [1.54, 1.807) is 18.2 Å². The number of aromatic nitrogens is 1. The quantitative estimate of drug-likeness (QED) is 0.433. The zero-order valence-electron chi connectivity index (χ0n) is 8.71. The van der Waals surface area contributed by atoms with Gasteiger partial charge in [0.05, 0.1) is 7.11 Å². The molecule has 0 unspecified atom stereocenters. The lowest BCUT2D eigenvalue weighted by atomic mass is 10.3. The molecule has 0 saturated heterocycles. The molecular weight excluding hydrogens is 206 g/mol. The van der Waals surface area contributed by atoms with E-state index < -0.39 is 0 Å². The van der Waals surface area contributed by atoms with Gasteiger partial charge in [0.2, 0.25) is 5.88 Å². The Bertz CT molecular complexity index is 472. The third kappa shape index (κ3) is 2.72. The van der Waals surface area contributed by atoms with E-state index in [0.717, 1.165) is 6.20 Å². The summed E-state index contributed by atoms with van der Waals surface area (Å²) in [5, 5.41) is 8.67. The minimum absolute atomic E-state index is 0.0192. The fourth-order valence-corrected chi connectivity index (χ4v) is 0.943. The molecule has 16 heavy (non-hydrogen) atoms. The van der Waals surface area contributed by atoms with E-state index in [4.69, 9.17) is 21.5 Å². The van der Waals surface area contributed by atoms with Crippen LogP contribution in [0, 0.1) is 11.3 Å². The van der Waals surface area contributed by atoms with Crippen LogP contribution < -0.4 is 16.2 Å². The van der Waals surface area contributed by atoms with E-state index in [9.17, 15) is 0 Å². The highest BCUT2D eigenvalue weighted by atomic mass is 16.5. The van der Waals surface area contributed by atoms with Gasteiger partial charge in [-0.3, -0.25) is 0 Å². The van der Waals surface area contributed by atoms with Gasteiger partial charge < -0.3 is 16.2 Å². The van der Waals surface area contributed by atoms with Gasteiger partial charge in [-0.1, -0.05) is 6.07 Å². The van der Waals surface area contributed by atoms with Gasteiger partial charge in [-0.05, 0) is 6.07 Å². The van der Waals surface area contributed by atoms with E-state index in [1.807, 2.05) is 6.07 Å². The minimum Gasteiger partial charge on any atom is -0.481 e. The van der Waals surface area contributed by atoms with Crippen LogP contribution in [-0.2, 0) is 0 Å². The molecule has 0 radical (unpaired) electrons. The summed E-state index contributed by atoms with van der Waals surface area (Å²) in [6.07, 6.45) is 1.10.